The zero-order valence-electron chi connectivity index (χ0n) is 25.0. The fourth-order valence-corrected chi connectivity index (χ4v) is 4.58. The van der Waals surface area contributed by atoms with Gasteiger partial charge >= 0.3 is 0 Å². The Labute approximate surface area is 247 Å². The van der Waals surface area contributed by atoms with Crippen molar-refractivity contribution in [1.82, 2.24) is 20.7 Å². The van der Waals surface area contributed by atoms with E-state index in [0.29, 0.717) is 6.42 Å². The van der Waals surface area contributed by atoms with Crippen LogP contribution in [0.4, 0.5) is 0 Å². The molecule has 0 aliphatic heterocycles. The molecule has 222 valence electrons. The first-order valence-corrected chi connectivity index (χ1v) is 13.9. The monoisotopic (exact) mass is 571 g/mol. The van der Waals surface area contributed by atoms with Crippen LogP contribution >= 0.6 is 0 Å². The van der Waals surface area contributed by atoms with Crippen molar-refractivity contribution in [3.8, 4) is 0 Å². The number of rotatable bonds is 11. The SMILES string of the molecule is CC(=O)NNC(=O)C(Cc1ccccc1)N(C)C(=O)[C@@H](Cc1ccc2ccccc2c1)N(C)C(=O)/C=C/CC(C)(C)N. The molecule has 0 fully saturated rings. The minimum absolute atomic E-state index is 0.209. The van der Waals surface area contributed by atoms with Gasteiger partial charge in [0, 0.05) is 39.4 Å². The topological polar surface area (TPSA) is 125 Å². The smallest absolute Gasteiger partial charge is 0.261 e. The number of hydrazine groups is 1. The summed E-state index contributed by atoms with van der Waals surface area (Å²) < 4.78 is 0. The molecule has 2 atom stereocenters. The molecule has 9 nitrogen and oxygen atoms in total. The molecule has 1 unspecified atom stereocenters. The second kappa shape index (κ2) is 14.4. The zero-order valence-corrected chi connectivity index (χ0v) is 25.0. The number of nitrogens with zero attached hydrogens (tertiary/aromatic N) is 2. The number of fused-ring (bicyclic) bond motifs is 1. The quantitative estimate of drug-likeness (QED) is 0.241. The van der Waals surface area contributed by atoms with Crippen LogP contribution < -0.4 is 16.6 Å². The molecule has 0 saturated heterocycles. The molecule has 0 spiro atoms. The van der Waals surface area contributed by atoms with E-state index in [1.807, 2.05) is 86.6 Å². The summed E-state index contributed by atoms with van der Waals surface area (Å²) in [5.41, 5.74) is 12.0. The Bertz CT molecular complexity index is 1430. The number of amides is 4. The minimum Gasteiger partial charge on any atom is -0.332 e. The summed E-state index contributed by atoms with van der Waals surface area (Å²) in [5, 5.41) is 2.08. The first-order chi connectivity index (χ1) is 19.9. The summed E-state index contributed by atoms with van der Waals surface area (Å²) in [4.78, 5) is 54.9. The van der Waals surface area contributed by atoms with Gasteiger partial charge in [-0.3, -0.25) is 30.0 Å². The van der Waals surface area contributed by atoms with Crippen LogP contribution in [-0.4, -0.2) is 65.1 Å². The molecule has 3 aromatic carbocycles. The fourth-order valence-electron chi connectivity index (χ4n) is 4.58. The maximum absolute atomic E-state index is 14.2. The number of benzene rings is 3. The van der Waals surface area contributed by atoms with E-state index in [9.17, 15) is 19.2 Å². The number of nitrogens with two attached hydrogens (primary N) is 1. The predicted molar refractivity (Wildman–Crippen MR) is 165 cm³/mol. The van der Waals surface area contributed by atoms with E-state index >= 15 is 0 Å². The highest BCUT2D eigenvalue weighted by Gasteiger charge is 2.35. The lowest BCUT2D eigenvalue weighted by molar-refractivity contribution is -0.146. The van der Waals surface area contributed by atoms with E-state index in [1.165, 1.54) is 22.8 Å². The number of carbonyl (C=O) groups is 4. The molecule has 0 saturated carbocycles. The van der Waals surface area contributed by atoms with Crippen LogP contribution in [-0.2, 0) is 32.0 Å². The summed E-state index contributed by atoms with van der Waals surface area (Å²) >= 11 is 0. The van der Waals surface area contributed by atoms with Crippen LogP contribution in [0.3, 0.4) is 0 Å². The van der Waals surface area contributed by atoms with Gasteiger partial charge < -0.3 is 15.5 Å². The lowest BCUT2D eigenvalue weighted by Crippen LogP contribution is -2.57. The molecule has 42 heavy (non-hydrogen) atoms. The number of hydrogen-bond acceptors (Lipinski definition) is 5. The Morgan fingerprint density at radius 1 is 0.810 bits per heavy atom. The van der Waals surface area contributed by atoms with Gasteiger partial charge in [-0.15, -0.1) is 0 Å². The van der Waals surface area contributed by atoms with Crippen molar-refractivity contribution in [3.63, 3.8) is 0 Å². The molecule has 0 aliphatic rings. The Hall–Kier alpha value is -4.50. The van der Waals surface area contributed by atoms with Crippen molar-refractivity contribution < 1.29 is 19.2 Å². The van der Waals surface area contributed by atoms with E-state index in [4.69, 9.17) is 5.73 Å². The van der Waals surface area contributed by atoms with E-state index in [-0.39, 0.29) is 18.7 Å². The van der Waals surface area contributed by atoms with Gasteiger partial charge in [0.25, 0.3) is 5.91 Å². The normalized spacial score (nSPS) is 12.9. The molecule has 3 aromatic rings. The molecule has 0 radical (unpaired) electrons. The van der Waals surface area contributed by atoms with E-state index < -0.39 is 35.3 Å². The highest BCUT2D eigenvalue weighted by Crippen LogP contribution is 2.20. The van der Waals surface area contributed by atoms with Crippen LogP contribution in [0.5, 0.6) is 0 Å². The highest BCUT2D eigenvalue weighted by atomic mass is 16.2. The van der Waals surface area contributed by atoms with Crippen molar-refractivity contribution in [2.45, 2.75) is 57.7 Å². The number of nitrogens with one attached hydrogen (secondary N) is 2. The molecule has 0 aliphatic carbocycles. The van der Waals surface area contributed by atoms with Crippen LogP contribution in [0.25, 0.3) is 10.8 Å². The van der Waals surface area contributed by atoms with Gasteiger partial charge in [-0.1, -0.05) is 78.9 Å². The van der Waals surface area contributed by atoms with Gasteiger partial charge in [-0.25, -0.2) is 0 Å². The van der Waals surface area contributed by atoms with Gasteiger partial charge in [-0.05, 0) is 48.2 Å². The number of carbonyl (C=O) groups excluding carboxylic acids is 4. The molecule has 9 heteroatoms. The minimum atomic E-state index is -0.956. The standard InChI is InChI=1S/C33H41N5O4/c1-23(39)35-36-31(41)28(21-24-12-7-6-8-13-24)38(5)32(42)29(37(4)30(40)16-11-19-33(2,3)34)22-25-17-18-26-14-9-10-15-27(26)20-25/h6-18,20,28-29H,19,21-22,34H2,1-5H3,(H,35,39)(H,36,41)/b16-11+/t28?,29-/m1/s1. The maximum atomic E-state index is 14.2. The second-order valence-electron chi connectivity index (χ2n) is 11.3. The van der Waals surface area contributed by atoms with E-state index in [2.05, 4.69) is 10.9 Å². The van der Waals surface area contributed by atoms with Crippen molar-refractivity contribution in [2.75, 3.05) is 14.1 Å². The Kier molecular flexibility index (Phi) is 11.0. The first kappa shape index (κ1) is 32.0. The summed E-state index contributed by atoms with van der Waals surface area (Å²) in [6.45, 7) is 5.01. The van der Waals surface area contributed by atoms with Gasteiger partial charge in [0.05, 0.1) is 0 Å². The Morgan fingerprint density at radius 2 is 1.43 bits per heavy atom. The van der Waals surface area contributed by atoms with Crippen LogP contribution in [0.1, 0.15) is 38.3 Å². The average molecular weight is 572 g/mol. The molecule has 4 N–H and O–H groups in total. The largest absolute Gasteiger partial charge is 0.332 e. The summed E-state index contributed by atoms with van der Waals surface area (Å²) in [5.74, 6) is -1.75. The average Bonchev–Trinajstić information content (AvgIpc) is 2.96. The molecule has 4 amide bonds. The lowest BCUT2D eigenvalue weighted by Gasteiger charge is -2.34. The Morgan fingerprint density at radius 3 is 2.07 bits per heavy atom. The molecular weight excluding hydrogens is 530 g/mol. The summed E-state index contributed by atoms with van der Waals surface area (Å²) in [6.07, 6.45) is 4.07. The van der Waals surface area contributed by atoms with Crippen molar-refractivity contribution in [2.24, 2.45) is 5.73 Å². The van der Waals surface area contributed by atoms with Crippen molar-refractivity contribution in [3.05, 3.63) is 96.1 Å². The number of hydrogen-bond donors (Lipinski definition) is 3. The Balaban J connectivity index is 1.95. The third-order valence-corrected chi connectivity index (χ3v) is 7.00. The van der Waals surface area contributed by atoms with Gasteiger partial charge in [0.15, 0.2) is 0 Å². The van der Waals surface area contributed by atoms with Gasteiger partial charge in [0.1, 0.15) is 12.1 Å². The molecule has 3 rings (SSSR count). The molecular formula is C33H41N5O4. The molecule has 0 heterocycles. The van der Waals surface area contributed by atoms with Crippen molar-refractivity contribution in [1.29, 1.82) is 0 Å². The first-order valence-electron chi connectivity index (χ1n) is 13.9. The van der Waals surface area contributed by atoms with E-state index in [1.54, 1.807) is 20.2 Å². The third kappa shape index (κ3) is 9.27. The molecule has 0 aromatic heterocycles. The molecule has 0 bridgehead atoms. The lowest BCUT2D eigenvalue weighted by atomic mass is 9.98. The summed E-state index contributed by atoms with van der Waals surface area (Å²) in [6, 6.07) is 21.3. The predicted octanol–water partition coefficient (Wildman–Crippen LogP) is 3.13. The zero-order chi connectivity index (χ0) is 30.9. The van der Waals surface area contributed by atoms with Crippen molar-refractivity contribution >= 4 is 34.4 Å². The number of likely N-dealkylation sites (N-methyl/N-ethyl adjacent to an activating group) is 2. The van der Waals surface area contributed by atoms with Gasteiger partial charge in [0.2, 0.25) is 17.7 Å². The van der Waals surface area contributed by atoms with E-state index in [0.717, 1.165) is 21.9 Å². The van der Waals surface area contributed by atoms with Crippen LogP contribution in [0.2, 0.25) is 0 Å². The third-order valence-electron chi connectivity index (χ3n) is 7.00. The van der Waals surface area contributed by atoms with Crippen LogP contribution in [0.15, 0.2) is 84.9 Å². The van der Waals surface area contributed by atoms with Crippen LogP contribution in [0, 0.1) is 0 Å². The summed E-state index contributed by atoms with van der Waals surface area (Å²) in [7, 11) is 3.13. The maximum Gasteiger partial charge on any atom is 0.261 e. The fraction of sp³-hybridized carbons (Fsp3) is 0.333. The highest BCUT2D eigenvalue weighted by molar-refractivity contribution is 5.95. The van der Waals surface area contributed by atoms with Gasteiger partial charge in [-0.2, -0.15) is 0 Å². The second-order valence-corrected chi connectivity index (χ2v) is 11.3.